The third-order valence-corrected chi connectivity index (χ3v) is 4.82. The minimum atomic E-state index is -0.165. The monoisotopic (exact) mass is 373 g/mol. The fourth-order valence-electron chi connectivity index (χ4n) is 3.43. The molecule has 7 nitrogen and oxygen atoms in total. The van der Waals surface area contributed by atoms with Gasteiger partial charge in [-0.2, -0.15) is 5.10 Å². The summed E-state index contributed by atoms with van der Waals surface area (Å²) in [6, 6.07) is 5.75. The molecule has 0 aliphatic rings. The summed E-state index contributed by atoms with van der Waals surface area (Å²) in [4.78, 5) is 17.6. The lowest BCUT2D eigenvalue weighted by atomic mass is 10.2. The molecule has 1 aromatic carbocycles. The summed E-state index contributed by atoms with van der Waals surface area (Å²) in [5.41, 5.74) is 2.09. The average Bonchev–Trinajstić information content (AvgIpc) is 3.19. The van der Waals surface area contributed by atoms with Crippen molar-refractivity contribution in [1.29, 1.82) is 0 Å². The molecule has 7 heteroatoms. The van der Waals surface area contributed by atoms with Gasteiger partial charge in [-0.1, -0.05) is 5.92 Å². The Balaban J connectivity index is 1.81. The van der Waals surface area contributed by atoms with Crippen LogP contribution < -0.4 is 10.3 Å². The normalized spacial score (nSPS) is 11.5. The molecule has 3 aromatic heterocycles. The molecule has 140 valence electrons. The van der Waals surface area contributed by atoms with Crippen molar-refractivity contribution in [3.8, 4) is 18.1 Å². The molecule has 0 bridgehead atoms. The Morgan fingerprint density at radius 1 is 1.32 bits per heavy atom. The van der Waals surface area contributed by atoms with Crippen LogP contribution in [0.15, 0.2) is 41.5 Å². The first kappa shape index (κ1) is 17.6. The predicted octanol–water partition coefficient (Wildman–Crippen LogP) is 2.55. The van der Waals surface area contributed by atoms with Crippen LogP contribution in [0.25, 0.3) is 28.0 Å². The van der Waals surface area contributed by atoms with Crippen LogP contribution in [0.2, 0.25) is 0 Å². The first-order chi connectivity index (χ1) is 13.5. The van der Waals surface area contributed by atoms with E-state index in [1.54, 1.807) is 25.6 Å². The number of terminal acetylenes is 1. The van der Waals surface area contributed by atoms with Crippen molar-refractivity contribution in [2.75, 3.05) is 7.11 Å². The quantitative estimate of drug-likeness (QED) is 0.516. The van der Waals surface area contributed by atoms with Crippen molar-refractivity contribution >= 4 is 28.0 Å². The number of rotatable bonds is 4. The van der Waals surface area contributed by atoms with Gasteiger partial charge >= 0.3 is 0 Å². The molecule has 0 fully saturated rings. The zero-order chi connectivity index (χ0) is 19.8. The summed E-state index contributed by atoms with van der Waals surface area (Å²) < 4.78 is 10.4. The van der Waals surface area contributed by atoms with Gasteiger partial charge in [0.2, 0.25) is 0 Å². The third kappa shape index (κ3) is 2.76. The highest BCUT2D eigenvalue weighted by molar-refractivity contribution is 6.07. The van der Waals surface area contributed by atoms with E-state index < -0.39 is 0 Å². The highest BCUT2D eigenvalue weighted by Gasteiger charge is 2.15. The number of methoxy groups -OCH3 is 1. The summed E-state index contributed by atoms with van der Waals surface area (Å²) in [6.45, 7) is 2.15. The fraction of sp³-hybridized carbons (Fsp3) is 0.190. The van der Waals surface area contributed by atoms with Gasteiger partial charge in [0.15, 0.2) is 0 Å². The van der Waals surface area contributed by atoms with Gasteiger partial charge in [-0.3, -0.25) is 4.79 Å². The maximum atomic E-state index is 13.1. The van der Waals surface area contributed by atoms with E-state index >= 15 is 0 Å². The molecule has 0 aliphatic heterocycles. The van der Waals surface area contributed by atoms with Crippen LogP contribution >= 0.6 is 0 Å². The number of hydrogen-bond acceptors (Lipinski definition) is 4. The van der Waals surface area contributed by atoms with Crippen molar-refractivity contribution in [2.45, 2.75) is 13.5 Å². The molecular formula is C21H19N5O2. The third-order valence-electron chi connectivity index (χ3n) is 4.82. The van der Waals surface area contributed by atoms with Gasteiger partial charge in [-0.05, 0) is 19.1 Å². The number of ether oxygens (including phenoxy) is 1. The number of aromatic nitrogens is 5. The molecule has 0 unspecified atom stereocenters. The lowest BCUT2D eigenvalue weighted by molar-refractivity contribution is 0.415. The molecule has 0 radical (unpaired) electrons. The summed E-state index contributed by atoms with van der Waals surface area (Å²) >= 11 is 0. The first-order valence-corrected chi connectivity index (χ1v) is 8.73. The summed E-state index contributed by atoms with van der Waals surface area (Å²) in [5.74, 6) is 3.98. The second-order valence-corrected chi connectivity index (χ2v) is 6.48. The number of nitrogens with zero attached hydrogens (tertiary/aromatic N) is 5. The lowest BCUT2D eigenvalue weighted by Crippen LogP contribution is -2.24. The van der Waals surface area contributed by atoms with Crippen LogP contribution in [0.5, 0.6) is 5.75 Å². The number of fused-ring (bicyclic) bond motifs is 3. The largest absolute Gasteiger partial charge is 0.497 e. The second kappa shape index (κ2) is 6.74. The first-order valence-electron chi connectivity index (χ1n) is 8.73. The zero-order valence-electron chi connectivity index (χ0n) is 15.9. The SMILES string of the molecule is C#C/C=C\n1cc(Cn2ncc3c4ccc(OC)cc4n(C)c3c2=O)nc1C. The standard InChI is InChI=1S/C21H19N5O2/c1-5-6-9-25-12-15(23-14(25)2)13-26-21(27)20-18(11-22-26)17-8-7-16(28-4)10-19(17)24(20)3/h1,6-12H,13H2,2-4H3/b9-6-. The molecule has 4 rings (SSSR count). The highest BCUT2D eigenvalue weighted by Crippen LogP contribution is 2.28. The Bertz CT molecular complexity index is 1330. The van der Waals surface area contributed by atoms with Gasteiger partial charge in [0, 0.05) is 42.4 Å². The van der Waals surface area contributed by atoms with Crippen molar-refractivity contribution in [3.63, 3.8) is 0 Å². The second-order valence-electron chi connectivity index (χ2n) is 6.48. The zero-order valence-corrected chi connectivity index (χ0v) is 15.9. The molecule has 0 spiro atoms. The number of allylic oxidation sites excluding steroid dienone is 1. The molecule has 0 amide bonds. The molecule has 0 N–H and O–H groups in total. The van der Waals surface area contributed by atoms with Gasteiger partial charge in [-0.15, -0.1) is 6.42 Å². The van der Waals surface area contributed by atoms with Crippen LogP contribution in [-0.4, -0.2) is 31.0 Å². The Morgan fingerprint density at radius 3 is 2.89 bits per heavy atom. The lowest BCUT2D eigenvalue weighted by Gasteiger charge is -2.03. The van der Waals surface area contributed by atoms with Gasteiger partial charge in [0.05, 0.1) is 31.1 Å². The molecule has 0 saturated heterocycles. The minimum Gasteiger partial charge on any atom is -0.497 e. The van der Waals surface area contributed by atoms with Crippen LogP contribution in [0.4, 0.5) is 0 Å². The van der Waals surface area contributed by atoms with E-state index in [1.807, 2.05) is 47.5 Å². The number of benzene rings is 1. The fourth-order valence-corrected chi connectivity index (χ4v) is 3.43. The van der Waals surface area contributed by atoms with Crippen LogP contribution in [0.3, 0.4) is 0 Å². The molecule has 0 atom stereocenters. The van der Waals surface area contributed by atoms with E-state index in [0.29, 0.717) is 5.52 Å². The predicted molar refractivity (Wildman–Crippen MR) is 109 cm³/mol. The van der Waals surface area contributed by atoms with E-state index in [1.165, 1.54) is 4.68 Å². The minimum absolute atomic E-state index is 0.165. The Kier molecular flexibility index (Phi) is 4.24. The Hall–Kier alpha value is -3.79. The van der Waals surface area contributed by atoms with E-state index in [4.69, 9.17) is 11.2 Å². The van der Waals surface area contributed by atoms with E-state index in [0.717, 1.165) is 33.6 Å². The van der Waals surface area contributed by atoms with Crippen LogP contribution in [-0.2, 0) is 13.6 Å². The van der Waals surface area contributed by atoms with E-state index in [9.17, 15) is 4.79 Å². The van der Waals surface area contributed by atoms with E-state index in [-0.39, 0.29) is 12.1 Å². The Labute approximate surface area is 161 Å². The van der Waals surface area contributed by atoms with Crippen LogP contribution in [0, 0.1) is 19.3 Å². The summed E-state index contributed by atoms with van der Waals surface area (Å²) in [5, 5.41) is 6.16. The number of hydrogen-bond donors (Lipinski definition) is 0. The molecule has 3 heterocycles. The molecule has 0 saturated carbocycles. The van der Waals surface area contributed by atoms with Gasteiger partial charge in [0.25, 0.3) is 5.56 Å². The van der Waals surface area contributed by atoms with Crippen molar-refractivity contribution in [2.24, 2.45) is 7.05 Å². The van der Waals surface area contributed by atoms with Crippen molar-refractivity contribution in [3.05, 3.63) is 58.5 Å². The molecule has 4 aromatic rings. The van der Waals surface area contributed by atoms with Crippen LogP contribution in [0.1, 0.15) is 11.5 Å². The highest BCUT2D eigenvalue weighted by atomic mass is 16.5. The van der Waals surface area contributed by atoms with Gasteiger partial charge < -0.3 is 13.9 Å². The molecule has 28 heavy (non-hydrogen) atoms. The summed E-state index contributed by atoms with van der Waals surface area (Å²) in [7, 11) is 3.50. The smallest absolute Gasteiger partial charge is 0.291 e. The van der Waals surface area contributed by atoms with E-state index in [2.05, 4.69) is 16.0 Å². The van der Waals surface area contributed by atoms with Crippen molar-refractivity contribution in [1.82, 2.24) is 23.9 Å². The summed E-state index contributed by atoms with van der Waals surface area (Å²) in [6.07, 6.45) is 12.2. The van der Waals surface area contributed by atoms with Gasteiger partial charge in [-0.25, -0.2) is 9.67 Å². The van der Waals surface area contributed by atoms with Crippen molar-refractivity contribution < 1.29 is 4.74 Å². The topological polar surface area (TPSA) is 66.9 Å². The Morgan fingerprint density at radius 2 is 2.14 bits per heavy atom. The maximum Gasteiger partial charge on any atom is 0.291 e. The maximum absolute atomic E-state index is 13.1. The number of aryl methyl sites for hydroxylation is 2. The average molecular weight is 373 g/mol. The number of imidazole rings is 1. The molecule has 0 aliphatic carbocycles. The van der Waals surface area contributed by atoms with Gasteiger partial charge in [0.1, 0.15) is 17.1 Å². The molecular weight excluding hydrogens is 354 g/mol.